The smallest absolute Gasteiger partial charge is 0.189 e. The lowest BCUT2D eigenvalue weighted by molar-refractivity contribution is 0.00748. The lowest BCUT2D eigenvalue weighted by Gasteiger charge is -2.27. The fourth-order valence-electron chi connectivity index (χ4n) is 6.57. The summed E-state index contributed by atoms with van der Waals surface area (Å²) in [6, 6.07) is 0. The van der Waals surface area contributed by atoms with Crippen LogP contribution in [0.5, 0.6) is 0 Å². The Bertz CT molecular complexity index is 624. The molecule has 1 aliphatic heterocycles. The second kappa shape index (κ2) is 34.6. The van der Waals surface area contributed by atoms with Crippen molar-refractivity contribution in [3.63, 3.8) is 0 Å². The van der Waals surface area contributed by atoms with Gasteiger partial charge >= 0.3 is 0 Å². The summed E-state index contributed by atoms with van der Waals surface area (Å²) < 4.78 is 12.7. The maximum absolute atomic E-state index is 6.45. The number of ether oxygens (including phenoxy) is 2. The van der Waals surface area contributed by atoms with Crippen molar-refractivity contribution in [3.8, 4) is 0 Å². The minimum atomic E-state index is -0.180. The SMILES string of the molecule is CCCCCCCC/C=C\CCCCCCCC[SH](CCCCCCCC/C=C\CCCCCCCC)C1OCC(CN(C)C)O1. The third-order valence-electron chi connectivity index (χ3n) is 9.51. The first kappa shape index (κ1) is 43.7. The first-order chi connectivity index (χ1) is 22.7. The van der Waals surface area contributed by atoms with Crippen molar-refractivity contribution in [1.82, 2.24) is 4.90 Å². The summed E-state index contributed by atoms with van der Waals surface area (Å²) in [5.74, 6) is 2.67. The molecule has 46 heavy (non-hydrogen) atoms. The van der Waals surface area contributed by atoms with Gasteiger partial charge < -0.3 is 14.4 Å². The third-order valence-corrected chi connectivity index (χ3v) is 12.2. The normalized spacial score (nSPS) is 17.4. The molecule has 2 atom stereocenters. The van der Waals surface area contributed by atoms with E-state index in [-0.39, 0.29) is 22.6 Å². The maximum Gasteiger partial charge on any atom is 0.189 e. The third kappa shape index (κ3) is 28.7. The van der Waals surface area contributed by atoms with E-state index >= 15 is 0 Å². The van der Waals surface area contributed by atoms with Crippen molar-refractivity contribution < 1.29 is 9.47 Å². The van der Waals surface area contributed by atoms with Gasteiger partial charge in [0, 0.05) is 6.54 Å². The minimum Gasteiger partial charge on any atom is -0.342 e. The van der Waals surface area contributed by atoms with Crippen LogP contribution < -0.4 is 0 Å². The molecular weight excluding hydrogens is 583 g/mol. The average molecular weight is 666 g/mol. The number of thiol groups is 1. The standard InChI is InChI=1S/C42H83NO2S/c1-5-7-9-11-13-15-17-19-21-23-25-27-29-31-33-35-37-46(42-44-40-41(45-42)39-43(3)4)38-36-34-32-30-28-26-24-22-20-18-16-14-12-10-8-6-2/h19-22,41-42,46H,5-18,23-40H2,1-4H3/b21-19-,22-20-. The lowest BCUT2D eigenvalue weighted by Crippen LogP contribution is -2.28. The fraction of sp³-hybridized carbons (Fsp3) is 0.905. The van der Waals surface area contributed by atoms with E-state index in [2.05, 4.69) is 57.1 Å². The lowest BCUT2D eigenvalue weighted by atomic mass is 10.1. The van der Waals surface area contributed by atoms with Gasteiger partial charge in [-0.3, -0.25) is 0 Å². The summed E-state index contributed by atoms with van der Waals surface area (Å²) in [6.45, 7) is 6.35. The molecule has 0 aromatic carbocycles. The highest BCUT2D eigenvalue weighted by molar-refractivity contribution is 8.17. The molecule has 1 fully saturated rings. The van der Waals surface area contributed by atoms with Crippen molar-refractivity contribution >= 4 is 10.9 Å². The molecule has 0 radical (unpaired) electrons. The number of unbranched alkanes of at least 4 members (excludes halogenated alkanes) is 24. The van der Waals surface area contributed by atoms with Crippen LogP contribution in [0.2, 0.25) is 0 Å². The van der Waals surface area contributed by atoms with E-state index in [1.54, 1.807) is 0 Å². The zero-order chi connectivity index (χ0) is 33.2. The number of likely N-dealkylation sites (N-methyl/N-ethyl adjacent to an activating group) is 1. The van der Waals surface area contributed by atoms with Crippen LogP contribution in [0.3, 0.4) is 0 Å². The van der Waals surface area contributed by atoms with Crippen molar-refractivity contribution in [2.75, 3.05) is 38.8 Å². The Morgan fingerprint density at radius 3 is 1.22 bits per heavy atom. The molecule has 0 spiro atoms. The molecule has 274 valence electrons. The summed E-state index contributed by atoms with van der Waals surface area (Å²) in [6.07, 6.45) is 48.6. The van der Waals surface area contributed by atoms with Gasteiger partial charge in [-0.2, -0.15) is 0 Å². The molecule has 0 aliphatic carbocycles. The van der Waals surface area contributed by atoms with Crippen molar-refractivity contribution in [3.05, 3.63) is 24.3 Å². The van der Waals surface area contributed by atoms with Crippen LogP contribution in [0.4, 0.5) is 0 Å². The zero-order valence-corrected chi connectivity index (χ0v) is 32.7. The monoisotopic (exact) mass is 666 g/mol. The van der Waals surface area contributed by atoms with Gasteiger partial charge in [0.25, 0.3) is 0 Å². The summed E-state index contributed by atoms with van der Waals surface area (Å²) >= 11 is 0. The number of hydrogen-bond acceptors (Lipinski definition) is 3. The molecule has 0 bridgehead atoms. The molecule has 0 N–H and O–H groups in total. The number of rotatable bonds is 35. The highest BCUT2D eigenvalue weighted by Crippen LogP contribution is 2.39. The van der Waals surface area contributed by atoms with E-state index in [1.165, 1.54) is 191 Å². The molecule has 1 saturated heterocycles. The summed E-state index contributed by atoms with van der Waals surface area (Å²) in [7, 11) is 4.10. The first-order valence-corrected chi connectivity index (χ1v) is 22.4. The predicted molar refractivity (Wildman–Crippen MR) is 211 cm³/mol. The fourth-order valence-corrected chi connectivity index (χ4v) is 9.12. The van der Waals surface area contributed by atoms with Crippen LogP contribution in [0.1, 0.15) is 194 Å². The van der Waals surface area contributed by atoms with Crippen LogP contribution in [0.25, 0.3) is 0 Å². The van der Waals surface area contributed by atoms with Crippen LogP contribution in [-0.2, 0) is 9.47 Å². The van der Waals surface area contributed by atoms with Crippen LogP contribution in [0.15, 0.2) is 24.3 Å². The molecule has 1 heterocycles. The van der Waals surface area contributed by atoms with Gasteiger partial charge in [-0.15, -0.1) is 0 Å². The van der Waals surface area contributed by atoms with E-state index < -0.39 is 0 Å². The summed E-state index contributed by atoms with van der Waals surface area (Å²) in [5.41, 5.74) is 0.0891. The Morgan fingerprint density at radius 1 is 0.500 bits per heavy atom. The Morgan fingerprint density at radius 2 is 0.848 bits per heavy atom. The molecule has 0 aromatic heterocycles. The van der Waals surface area contributed by atoms with E-state index in [0.717, 1.165) is 13.2 Å². The van der Waals surface area contributed by atoms with Gasteiger partial charge in [0.2, 0.25) is 0 Å². The minimum absolute atomic E-state index is 0.0891. The van der Waals surface area contributed by atoms with Gasteiger partial charge in [-0.05, 0) is 89.8 Å². The zero-order valence-electron chi connectivity index (χ0n) is 31.8. The quantitative estimate of drug-likeness (QED) is 0.0414. The first-order valence-electron chi connectivity index (χ1n) is 20.6. The van der Waals surface area contributed by atoms with Gasteiger partial charge in [0.05, 0.1) is 12.7 Å². The molecule has 0 saturated carbocycles. The molecular formula is C42H83NO2S. The van der Waals surface area contributed by atoms with E-state index in [4.69, 9.17) is 9.47 Å². The van der Waals surface area contributed by atoms with Crippen LogP contribution in [-0.4, -0.2) is 55.4 Å². The van der Waals surface area contributed by atoms with Crippen LogP contribution in [0, 0.1) is 0 Å². The Labute approximate surface area is 292 Å². The number of hydrogen-bond donors (Lipinski definition) is 1. The molecule has 4 heteroatoms. The summed E-state index contributed by atoms with van der Waals surface area (Å²) in [4.78, 5) is 2.23. The highest BCUT2D eigenvalue weighted by Gasteiger charge is 2.30. The Kier molecular flexibility index (Phi) is 32.9. The van der Waals surface area contributed by atoms with Gasteiger partial charge in [0.1, 0.15) is 0 Å². The maximum atomic E-state index is 6.45. The number of allylic oxidation sites excluding steroid dienone is 4. The average Bonchev–Trinajstić information content (AvgIpc) is 3.50. The second-order valence-electron chi connectivity index (χ2n) is 14.6. The predicted octanol–water partition coefficient (Wildman–Crippen LogP) is 13.3. The summed E-state index contributed by atoms with van der Waals surface area (Å²) in [5, 5.41) is 0. The Balaban J connectivity index is 2.11. The van der Waals surface area contributed by atoms with Crippen molar-refractivity contribution in [1.29, 1.82) is 0 Å². The van der Waals surface area contributed by atoms with Gasteiger partial charge in [0.15, 0.2) is 5.62 Å². The highest BCUT2D eigenvalue weighted by atomic mass is 32.2. The molecule has 2 unspecified atom stereocenters. The largest absolute Gasteiger partial charge is 0.342 e. The molecule has 1 rings (SSSR count). The van der Waals surface area contributed by atoms with Gasteiger partial charge in [-0.1, -0.05) is 154 Å². The molecule has 1 aliphatic rings. The van der Waals surface area contributed by atoms with E-state index in [1.807, 2.05) is 0 Å². The van der Waals surface area contributed by atoms with Crippen LogP contribution >= 0.6 is 10.9 Å². The van der Waals surface area contributed by atoms with Gasteiger partial charge in [-0.25, -0.2) is 10.9 Å². The van der Waals surface area contributed by atoms with Crippen molar-refractivity contribution in [2.24, 2.45) is 0 Å². The van der Waals surface area contributed by atoms with Crippen molar-refractivity contribution in [2.45, 2.75) is 205 Å². The molecule has 0 amide bonds. The molecule has 3 nitrogen and oxygen atoms in total. The topological polar surface area (TPSA) is 21.7 Å². The molecule has 0 aromatic rings. The second-order valence-corrected chi connectivity index (χ2v) is 17.1. The van der Waals surface area contributed by atoms with E-state index in [0.29, 0.717) is 0 Å². The number of nitrogens with zero attached hydrogens (tertiary/aromatic N) is 1. The Hall–Kier alpha value is -0.290. The van der Waals surface area contributed by atoms with E-state index in [9.17, 15) is 0 Å².